The Morgan fingerprint density at radius 3 is 2.14 bits per heavy atom. The highest BCUT2D eigenvalue weighted by Crippen LogP contribution is 2.30. The summed E-state index contributed by atoms with van der Waals surface area (Å²) in [6.07, 6.45) is -4.71. The fraction of sp³-hybridized carbons (Fsp3) is 0.556. The average Bonchev–Trinajstić information content (AvgIpc) is 2.58. The van der Waals surface area contributed by atoms with Crippen LogP contribution in [0.3, 0.4) is 0 Å². The number of rotatable bonds is 8. The summed E-state index contributed by atoms with van der Waals surface area (Å²) in [4.78, 5) is 25.1. The van der Waals surface area contributed by atoms with Crippen LogP contribution in [0.4, 0.5) is 13.2 Å². The molecule has 0 fully saturated rings. The lowest BCUT2D eigenvalue weighted by Gasteiger charge is -2.30. The van der Waals surface area contributed by atoms with E-state index in [9.17, 15) is 31.2 Å². The van der Waals surface area contributed by atoms with Crippen molar-refractivity contribution in [1.82, 2.24) is 9.62 Å². The molecule has 0 spiro atoms. The van der Waals surface area contributed by atoms with E-state index in [0.29, 0.717) is 6.07 Å². The number of halogens is 3. The molecule has 0 aliphatic carbocycles. The summed E-state index contributed by atoms with van der Waals surface area (Å²) in [5.74, 6) is -1.47. The molecule has 0 unspecified atom stereocenters. The van der Waals surface area contributed by atoms with Crippen molar-refractivity contribution in [2.24, 2.45) is 0 Å². The van der Waals surface area contributed by atoms with Crippen molar-refractivity contribution in [3.63, 3.8) is 0 Å². The van der Waals surface area contributed by atoms with Gasteiger partial charge in [-0.15, -0.1) is 0 Å². The molecule has 0 radical (unpaired) electrons. The molecule has 0 aliphatic heterocycles. The summed E-state index contributed by atoms with van der Waals surface area (Å²) in [5.41, 5.74) is -1.14. The zero-order chi connectivity index (χ0) is 22.6. The van der Waals surface area contributed by atoms with E-state index in [4.69, 9.17) is 4.74 Å². The maximum absolute atomic E-state index is 12.8. The number of benzene rings is 1. The third kappa shape index (κ3) is 7.00. The van der Waals surface area contributed by atoms with E-state index in [1.54, 1.807) is 27.7 Å². The number of hydrogen-bond acceptors (Lipinski definition) is 5. The third-order valence-electron chi connectivity index (χ3n) is 3.90. The first-order valence-corrected chi connectivity index (χ1v) is 10.3. The Labute approximate surface area is 168 Å². The topological polar surface area (TPSA) is 92.8 Å². The number of hydrogen-bond donors (Lipinski definition) is 1. The van der Waals surface area contributed by atoms with Crippen LogP contribution in [0.15, 0.2) is 29.2 Å². The van der Waals surface area contributed by atoms with Gasteiger partial charge in [-0.3, -0.25) is 9.59 Å². The monoisotopic (exact) mass is 438 g/mol. The lowest BCUT2D eigenvalue weighted by Crippen LogP contribution is -2.45. The van der Waals surface area contributed by atoms with Crippen molar-refractivity contribution in [3.05, 3.63) is 29.8 Å². The molecule has 1 amide bonds. The van der Waals surface area contributed by atoms with E-state index in [1.165, 1.54) is 11.8 Å². The number of sulfonamides is 1. The normalized spacial score (nSPS) is 13.4. The Hall–Kier alpha value is -2.14. The van der Waals surface area contributed by atoms with Crippen LogP contribution in [0.2, 0.25) is 0 Å². The van der Waals surface area contributed by atoms with Crippen LogP contribution < -0.4 is 4.72 Å². The number of amides is 1. The second kappa shape index (κ2) is 9.57. The van der Waals surface area contributed by atoms with Crippen molar-refractivity contribution in [3.8, 4) is 0 Å². The first kappa shape index (κ1) is 24.9. The number of carbonyl (C=O) groups excluding carboxylic acids is 2. The molecule has 0 saturated carbocycles. The molecule has 164 valence electrons. The fourth-order valence-corrected chi connectivity index (χ4v) is 3.93. The van der Waals surface area contributed by atoms with Gasteiger partial charge >= 0.3 is 12.1 Å². The Morgan fingerprint density at radius 2 is 1.66 bits per heavy atom. The van der Waals surface area contributed by atoms with Crippen LogP contribution in [0, 0.1) is 0 Å². The van der Waals surface area contributed by atoms with Gasteiger partial charge in [0.15, 0.2) is 6.61 Å². The van der Waals surface area contributed by atoms with Crippen molar-refractivity contribution in [1.29, 1.82) is 0 Å². The molecule has 1 atom stereocenters. The van der Waals surface area contributed by atoms with Crippen LogP contribution in [-0.2, 0) is 30.5 Å². The smallest absolute Gasteiger partial charge is 0.416 e. The Morgan fingerprint density at radius 1 is 1.10 bits per heavy atom. The first-order valence-electron chi connectivity index (χ1n) is 8.84. The lowest BCUT2D eigenvalue weighted by atomic mass is 10.2. The molecule has 0 bridgehead atoms. The van der Waals surface area contributed by atoms with Gasteiger partial charge in [-0.25, -0.2) is 8.42 Å². The summed E-state index contributed by atoms with van der Waals surface area (Å²) in [6.45, 7) is 7.78. The van der Waals surface area contributed by atoms with Gasteiger partial charge in [0.1, 0.15) is 6.04 Å². The van der Waals surface area contributed by atoms with E-state index < -0.39 is 51.2 Å². The van der Waals surface area contributed by atoms with Crippen molar-refractivity contribution < 1.29 is 35.9 Å². The zero-order valence-electron chi connectivity index (χ0n) is 16.8. The average molecular weight is 438 g/mol. The van der Waals surface area contributed by atoms with Crippen LogP contribution in [0.25, 0.3) is 0 Å². The van der Waals surface area contributed by atoms with Crippen LogP contribution in [0.1, 0.15) is 40.2 Å². The number of esters is 1. The molecule has 1 N–H and O–H groups in total. The minimum Gasteiger partial charge on any atom is -0.454 e. The van der Waals surface area contributed by atoms with E-state index >= 15 is 0 Å². The second-order valence-electron chi connectivity index (χ2n) is 6.96. The highest BCUT2D eigenvalue weighted by atomic mass is 32.2. The molecule has 1 rings (SSSR count). The number of alkyl halides is 3. The van der Waals surface area contributed by atoms with Crippen LogP contribution in [-0.4, -0.2) is 49.9 Å². The van der Waals surface area contributed by atoms with Gasteiger partial charge in [0.25, 0.3) is 5.91 Å². The molecule has 0 saturated heterocycles. The highest BCUT2D eigenvalue weighted by molar-refractivity contribution is 7.89. The molecular weight excluding hydrogens is 413 g/mol. The Bertz CT molecular complexity index is 830. The predicted molar refractivity (Wildman–Crippen MR) is 99.3 cm³/mol. The maximum Gasteiger partial charge on any atom is 0.416 e. The van der Waals surface area contributed by atoms with Crippen molar-refractivity contribution in [2.45, 2.75) is 63.8 Å². The van der Waals surface area contributed by atoms with E-state index in [0.717, 1.165) is 18.2 Å². The van der Waals surface area contributed by atoms with Crippen molar-refractivity contribution >= 4 is 21.9 Å². The van der Waals surface area contributed by atoms with Gasteiger partial charge in [0, 0.05) is 12.1 Å². The fourth-order valence-electron chi connectivity index (χ4n) is 2.69. The Balaban J connectivity index is 2.81. The maximum atomic E-state index is 12.8. The zero-order valence-corrected chi connectivity index (χ0v) is 17.6. The van der Waals surface area contributed by atoms with E-state index in [2.05, 4.69) is 0 Å². The first-order chi connectivity index (χ1) is 13.2. The lowest BCUT2D eigenvalue weighted by molar-refractivity contribution is -0.154. The summed E-state index contributed by atoms with van der Waals surface area (Å²) in [5, 5.41) is 0. The van der Waals surface area contributed by atoms with Gasteiger partial charge < -0.3 is 9.64 Å². The summed E-state index contributed by atoms with van der Waals surface area (Å²) in [7, 11) is -4.42. The van der Waals surface area contributed by atoms with Crippen LogP contribution >= 0.6 is 0 Å². The molecule has 0 aromatic heterocycles. The summed E-state index contributed by atoms with van der Waals surface area (Å²) >= 11 is 0. The minimum absolute atomic E-state index is 0.127. The van der Waals surface area contributed by atoms with Crippen LogP contribution in [0.5, 0.6) is 0 Å². The summed E-state index contributed by atoms with van der Waals surface area (Å²) < 4.78 is 69.7. The molecule has 1 aromatic carbocycles. The highest BCUT2D eigenvalue weighted by Gasteiger charge is 2.32. The van der Waals surface area contributed by atoms with E-state index in [1.807, 2.05) is 4.72 Å². The quantitative estimate of drug-likeness (QED) is 0.630. The second-order valence-corrected chi connectivity index (χ2v) is 8.68. The largest absolute Gasteiger partial charge is 0.454 e. The number of nitrogens with one attached hydrogen (secondary N) is 1. The minimum atomic E-state index is -4.71. The standard InChI is InChI=1S/C18H25F3N2O5S/c1-11(2)23(12(3)4)16(24)10-28-17(25)13(5)22-29(26,27)15-8-6-7-14(9-15)18(19,20)21/h6-9,11-13,22H,10H2,1-5H3/t13-/m0/s1. The van der Waals surface area contributed by atoms with Gasteiger partial charge in [0.2, 0.25) is 10.0 Å². The summed E-state index contributed by atoms with van der Waals surface area (Å²) in [6, 6.07) is 1.46. The molecular formula is C18H25F3N2O5S. The van der Waals surface area contributed by atoms with E-state index in [-0.39, 0.29) is 12.1 Å². The number of ether oxygens (including phenoxy) is 1. The molecule has 7 nitrogen and oxygen atoms in total. The molecule has 1 aromatic rings. The third-order valence-corrected chi connectivity index (χ3v) is 5.43. The number of carbonyl (C=O) groups is 2. The predicted octanol–water partition coefficient (Wildman–Crippen LogP) is 2.56. The van der Waals surface area contributed by atoms with Gasteiger partial charge in [0.05, 0.1) is 10.5 Å². The van der Waals surface area contributed by atoms with Gasteiger partial charge in [-0.05, 0) is 52.8 Å². The van der Waals surface area contributed by atoms with Gasteiger partial charge in [-0.2, -0.15) is 17.9 Å². The SMILES string of the molecule is CC(C)N(C(=O)COC(=O)[C@H](C)NS(=O)(=O)c1cccc(C(F)(F)F)c1)C(C)C. The molecule has 29 heavy (non-hydrogen) atoms. The molecule has 0 heterocycles. The van der Waals surface area contributed by atoms with Gasteiger partial charge in [-0.1, -0.05) is 6.07 Å². The molecule has 11 heteroatoms. The molecule has 0 aliphatic rings. The number of nitrogens with zero attached hydrogens (tertiary/aromatic N) is 1. The van der Waals surface area contributed by atoms with Crippen molar-refractivity contribution in [2.75, 3.05) is 6.61 Å². The Kier molecular flexibility index (Phi) is 8.22.